The van der Waals surface area contributed by atoms with Gasteiger partial charge in [0.1, 0.15) is 6.07 Å². The summed E-state index contributed by atoms with van der Waals surface area (Å²) in [5, 5.41) is 20.6. The van der Waals surface area contributed by atoms with E-state index in [1.54, 1.807) is 6.92 Å². The summed E-state index contributed by atoms with van der Waals surface area (Å²) >= 11 is 0. The number of allylic oxidation sites excluding steroid dienone is 2. The summed E-state index contributed by atoms with van der Waals surface area (Å²) in [5.74, 6) is 0.420. The quantitative estimate of drug-likeness (QED) is 0.362. The molecule has 22 heavy (non-hydrogen) atoms. The number of aliphatic imine (C=N–C) groups is 1. The van der Waals surface area contributed by atoms with E-state index in [0.29, 0.717) is 17.5 Å². The molecule has 1 aromatic carbocycles. The molecule has 3 nitrogen and oxygen atoms in total. The Morgan fingerprint density at radius 1 is 1.09 bits per heavy atom. The molecule has 0 bridgehead atoms. The fourth-order valence-electron chi connectivity index (χ4n) is 2.28. The summed E-state index contributed by atoms with van der Waals surface area (Å²) in [6.07, 6.45) is 0. The fraction of sp³-hybridized carbons (Fsp3) is 0.444. The molecule has 1 rings (SSSR count). The van der Waals surface area contributed by atoms with Crippen molar-refractivity contribution in [2.24, 2.45) is 4.99 Å². The van der Waals surface area contributed by atoms with Gasteiger partial charge >= 0.3 is 51.4 Å². The largest absolute Gasteiger partial charge is 1.00 e. The van der Waals surface area contributed by atoms with Crippen LogP contribution in [0.4, 0.5) is 5.69 Å². The van der Waals surface area contributed by atoms with Crippen molar-refractivity contribution in [3.8, 4) is 6.07 Å². The number of benzene rings is 1. The van der Waals surface area contributed by atoms with E-state index in [-0.39, 0.29) is 62.7 Å². The zero-order valence-electron chi connectivity index (χ0n) is 14.7. The van der Waals surface area contributed by atoms with Gasteiger partial charge in [-0.15, -0.1) is 5.76 Å². The van der Waals surface area contributed by atoms with Gasteiger partial charge in [-0.1, -0.05) is 52.8 Å². The molecule has 0 aliphatic carbocycles. The molecule has 0 unspecified atom stereocenters. The molecule has 1 aromatic rings. The molecule has 112 valence electrons. The summed E-state index contributed by atoms with van der Waals surface area (Å²) in [6, 6.07) is 8.11. The molecule has 0 fully saturated rings. The first-order valence-corrected chi connectivity index (χ1v) is 7.26. The Bertz CT molecular complexity index is 592. The number of hydrogen-bond acceptors (Lipinski definition) is 3. The van der Waals surface area contributed by atoms with Crippen molar-refractivity contribution in [3.05, 3.63) is 40.7 Å². The first-order valence-electron chi connectivity index (χ1n) is 7.26. The minimum Gasteiger partial charge on any atom is -0.875 e. The molecular weight excluding hydrogens is 299 g/mol. The maximum atomic E-state index is 11.5. The van der Waals surface area contributed by atoms with Gasteiger partial charge in [0.15, 0.2) is 0 Å². The smallest absolute Gasteiger partial charge is 0.875 e. The molecule has 0 saturated carbocycles. The maximum absolute atomic E-state index is 11.5. The Hall–Kier alpha value is -0.444. The van der Waals surface area contributed by atoms with E-state index in [2.05, 4.69) is 44.8 Å². The van der Waals surface area contributed by atoms with Crippen molar-refractivity contribution in [2.75, 3.05) is 0 Å². The topological polar surface area (TPSA) is 59.2 Å². The van der Waals surface area contributed by atoms with Crippen LogP contribution in [0.25, 0.3) is 0 Å². The molecule has 0 radical (unpaired) electrons. The van der Waals surface area contributed by atoms with E-state index < -0.39 is 0 Å². The van der Waals surface area contributed by atoms with E-state index in [0.717, 1.165) is 16.8 Å². The Balaban J connectivity index is 0.00000441. The van der Waals surface area contributed by atoms with Crippen LogP contribution in [-0.2, 0) is 0 Å². The van der Waals surface area contributed by atoms with Crippen LogP contribution in [0.15, 0.2) is 34.5 Å². The average molecular weight is 322 g/mol. The van der Waals surface area contributed by atoms with Gasteiger partial charge in [-0.25, -0.2) is 0 Å². The SMILES string of the molecule is CC(=Nc1c(C(C)C)cccc1C(C)C)C(C#N)=C(C)[O-].[K+]. The minimum atomic E-state index is -0.244. The molecule has 4 heteroatoms. The maximum Gasteiger partial charge on any atom is 1.00 e. The first kappa shape index (κ1) is 21.6. The number of rotatable bonds is 4. The van der Waals surface area contributed by atoms with Crippen LogP contribution in [0.5, 0.6) is 0 Å². The van der Waals surface area contributed by atoms with Crippen molar-refractivity contribution in [1.29, 1.82) is 5.26 Å². The third-order valence-electron chi connectivity index (χ3n) is 3.45. The van der Waals surface area contributed by atoms with Crippen LogP contribution in [0, 0.1) is 11.3 Å². The average Bonchev–Trinajstić information content (AvgIpc) is 2.38. The first-order chi connectivity index (χ1) is 9.79. The number of hydrogen-bond donors (Lipinski definition) is 0. The predicted molar refractivity (Wildman–Crippen MR) is 85.7 cm³/mol. The van der Waals surface area contributed by atoms with E-state index in [1.165, 1.54) is 6.92 Å². The number of nitrogens with zero attached hydrogens (tertiary/aromatic N) is 2. The third kappa shape index (κ3) is 5.33. The van der Waals surface area contributed by atoms with Gasteiger partial charge in [0.2, 0.25) is 0 Å². The summed E-state index contributed by atoms with van der Waals surface area (Å²) in [4.78, 5) is 4.63. The van der Waals surface area contributed by atoms with Gasteiger partial charge in [0.05, 0.1) is 17.0 Å². The van der Waals surface area contributed by atoms with E-state index in [4.69, 9.17) is 5.26 Å². The van der Waals surface area contributed by atoms with Gasteiger partial charge in [0, 0.05) is 0 Å². The fourth-order valence-corrected chi connectivity index (χ4v) is 2.28. The second kappa shape index (κ2) is 9.64. The Morgan fingerprint density at radius 3 is 1.86 bits per heavy atom. The van der Waals surface area contributed by atoms with Crippen LogP contribution in [0.3, 0.4) is 0 Å². The van der Waals surface area contributed by atoms with Gasteiger partial charge in [0.25, 0.3) is 0 Å². The van der Waals surface area contributed by atoms with Crippen LogP contribution < -0.4 is 56.5 Å². The van der Waals surface area contributed by atoms with Crippen LogP contribution >= 0.6 is 0 Å². The van der Waals surface area contributed by atoms with Crippen molar-refractivity contribution < 1.29 is 56.5 Å². The second-order valence-electron chi connectivity index (χ2n) is 5.83. The second-order valence-corrected chi connectivity index (χ2v) is 5.83. The Labute approximate surface area is 176 Å². The summed E-state index contributed by atoms with van der Waals surface area (Å²) in [6.45, 7) is 11.6. The molecule has 0 aliphatic heterocycles. The predicted octanol–water partition coefficient (Wildman–Crippen LogP) is 1.19. The monoisotopic (exact) mass is 322 g/mol. The van der Waals surface area contributed by atoms with Gasteiger partial charge in [-0.05, 0) is 29.9 Å². The molecule has 0 amide bonds. The molecule has 0 N–H and O–H groups in total. The zero-order valence-corrected chi connectivity index (χ0v) is 17.8. The Kier molecular flexibility index (Phi) is 9.45. The van der Waals surface area contributed by atoms with Crippen molar-refractivity contribution >= 4 is 11.4 Å². The number of para-hydroxylation sites is 1. The summed E-state index contributed by atoms with van der Waals surface area (Å²) in [5.41, 5.74) is 3.79. The molecule has 0 saturated heterocycles. The third-order valence-corrected chi connectivity index (χ3v) is 3.45. The summed E-state index contributed by atoms with van der Waals surface area (Å²) in [7, 11) is 0. The van der Waals surface area contributed by atoms with E-state index in [9.17, 15) is 5.11 Å². The molecule has 0 aromatic heterocycles. The van der Waals surface area contributed by atoms with E-state index >= 15 is 0 Å². The van der Waals surface area contributed by atoms with Gasteiger partial charge in [-0.2, -0.15) is 5.26 Å². The van der Waals surface area contributed by atoms with E-state index in [1.807, 2.05) is 12.1 Å². The van der Waals surface area contributed by atoms with Crippen molar-refractivity contribution in [1.82, 2.24) is 0 Å². The van der Waals surface area contributed by atoms with Crippen LogP contribution in [0.1, 0.15) is 64.5 Å². The number of nitriles is 1. The normalized spacial score (nSPS) is 12.8. The molecule has 0 aliphatic rings. The van der Waals surface area contributed by atoms with Crippen molar-refractivity contribution in [2.45, 2.75) is 53.4 Å². The molecule has 0 atom stereocenters. The molecular formula is C18H23KN2O. The zero-order chi connectivity index (χ0) is 16.2. The van der Waals surface area contributed by atoms with Crippen LogP contribution in [0.2, 0.25) is 0 Å². The standard InChI is InChI=1S/C18H24N2O.K/c1-11(2)15-8-7-9-16(12(3)4)18(15)20-13(5)17(10-19)14(6)21;/h7-9,11-12,21H,1-6H3;/q;+1/p-1. The minimum absolute atomic E-state index is 0. The summed E-state index contributed by atoms with van der Waals surface area (Å²) < 4.78 is 0. The molecule has 0 heterocycles. The molecule has 0 spiro atoms. The van der Waals surface area contributed by atoms with Gasteiger partial charge < -0.3 is 5.11 Å². The van der Waals surface area contributed by atoms with Gasteiger partial charge in [-0.3, -0.25) is 4.99 Å². The van der Waals surface area contributed by atoms with Crippen molar-refractivity contribution in [3.63, 3.8) is 0 Å². The Morgan fingerprint density at radius 2 is 1.55 bits per heavy atom. The van der Waals surface area contributed by atoms with Crippen LogP contribution in [-0.4, -0.2) is 5.71 Å².